The van der Waals surface area contributed by atoms with Gasteiger partial charge in [-0.25, -0.2) is 0 Å². The van der Waals surface area contributed by atoms with E-state index >= 15 is 0 Å². The summed E-state index contributed by atoms with van der Waals surface area (Å²) in [6.45, 7) is 6.94. The van der Waals surface area contributed by atoms with E-state index in [1.165, 1.54) is 5.69 Å². The van der Waals surface area contributed by atoms with Crippen molar-refractivity contribution in [1.82, 2.24) is 14.7 Å². The van der Waals surface area contributed by atoms with Crippen molar-refractivity contribution in [2.45, 2.75) is 32.9 Å². The lowest BCUT2D eigenvalue weighted by Crippen LogP contribution is -2.24. The molecule has 1 N–H and O–H groups in total. The predicted octanol–water partition coefficient (Wildman–Crippen LogP) is 0.931. The fraction of sp³-hybridized carbons (Fsp3) is 0.750. The minimum absolute atomic E-state index is 0.182. The Labute approximate surface area is 96.9 Å². The highest BCUT2D eigenvalue weighted by atomic mass is 16.3. The van der Waals surface area contributed by atoms with Crippen molar-refractivity contribution in [3.8, 4) is 0 Å². The molecule has 16 heavy (non-hydrogen) atoms. The van der Waals surface area contributed by atoms with E-state index in [0.717, 1.165) is 31.7 Å². The lowest BCUT2D eigenvalue weighted by molar-refractivity contribution is 0.127. The average Bonchev–Trinajstić information content (AvgIpc) is 2.75. The van der Waals surface area contributed by atoms with Gasteiger partial charge in [-0.15, -0.1) is 0 Å². The smallest absolute Gasteiger partial charge is 0.0597 e. The molecule has 0 amide bonds. The summed E-state index contributed by atoms with van der Waals surface area (Å²) in [6, 6.07) is 2.13. The molecule has 1 aromatic rings. The number of aryl methyl sites for hydroxylation is 2. The molecule has 2 unspecified atom stereocenters. The van der Waals surface area contributed by atoms with Gasteiger partial charge in [-0.1, -0.05) is 0 Å². The Bertz CT molecular complexity index is 359. The van der Waals surface area contributed by atoms with Crippen LogP contribution in [0.2, 0.25) is 0 Å². The third kappa shape index (κ3) is 2.44. The molecule has 1 fully saturated rings. The van der Waals surface area contributed by atoms with Gasteiger partial charge in [-0.2, -0.15) is 5.10 Å². The second-order valence-electron chi connectivity index (χ2n) is 4.93. The first-order valence-electron chi connectivity index (χ1n) is 5.96. The van der Waals surface area contributed by atoms with Gasteiger partial charge >= 0.3 is 0 Å². The number of rotatable bonds is 3. The Balaban J connectivity index is 1.94. The summed E-state index contributed by atoms with van der Waals surface area (Å²) in [6.07, 6.45) is 0.924. The molecular weight excluding hydrogens is 202 g/mol. The molecular formula is C12H21N3O. The van der Waals surface area contributed by atoms with Crippen molar-refractivity contribution in [2.24, 2.45) is 13.0 Å². The van der Waals surface area contributed by atoms with Gasteiger partial charge in [0.05, 0.1) is 17.5 Å². The Kier molecular flexibility index (Phi) is 3.30. The lowest BCUT2D eigenvalue weighted by atomic mass is 10.0. The summed E-state index contributed by atoms with van der Waals surface area (Å²) in [5.74, 6) is 0.439. The summed E-state index contributed by atoms with van der Waals surface area (Å²) in [4.78, 5) is 2.40. The van der Waals surface area contributed by atoms with Gasteiger partial charge in [0.25, 0.3) is 0 Å². The summed E-state index contributed by atoms with van der Waals surface area (Å²) in [7, 11) is 1.99. The molecule has 2 heterocycles. The zero-order valence-electron chi connectivity index (χ0n) is 10.3. The number of nitrogens with zero attached hydrogens (tertiary/aromatic N) is 3. The summed E-state index contributed by atoms with van der Waals surface area (Å²) < 4.78 is 1.95. The quantitative estimate of drug-likeness (QED) is 0.829. The van der Waals surface area contributed by atoms with Crippen LogP contribution in [0.1, 0.15) is 24.7 Å². The monoisotopic (exact) mass is 223 g/mol. The van der Waals surface area contributed by atoms with Crippen LogP contribution in [0.15, 0.2) is 6.07 Å². The highest BCUT2D eigenvalue weighted by Crippen LogP contribution is 2.21. The molecule has 0 bridgehead atoms. The van der Waals surface area contributed by atoms with Crippen LogP contribution in [0.4, 0.5) is 0 Å². The van der Waals surface area contributed by atoms with Gasteiger partial charge in [0.2, 0.25) is 0 Å². The van der Waals surface area contributed by atoms with Gasteiger partial charge in [-0.05, 0) is 38.8 Å². The second kappa shape index (κ2) is 4.55. The van der Waals surface area contributed by atoms with Gasteiger partial charge < -0.3 is 5.11 Å². The molecule has 1 aliphatic heterocycles. The van der Waals surface area contributed by atoms with Crippen molar-refractivity contribution >= 4 is 0 Å². The van der Waals surface area contributed by atoms with E-state index in [1.807, 2.05) is 25.6 Å². The van der Waals surface area contributed by atoms with Crippen molar-refractivity contribution in [2.75, 3.05) is 13.1 Å². The van der Waals surface area contributed by atoms with E-state index in [-0.39, 0.29) is 6.10 Å². The molecule has 2 atom stereocenters. The van der Waals surface area contributed by atoms with E-state index in [1.54, 1.807) is 0 Å². The molecule has 0 aromatic carbocycles. The maximum absolute atomic E-state index is 9.55. The van der Waals surface area contributed by atoms with Gasteiger partial charge in [0.15, 0.2) is 0 Å². The van der Waals surface area contributed by atoms with Crippen LogP contribution in [-0.2, 0) is 13.6 Å². The summed E-state index contributed by atoms with van der Waals surface area (Å²) in [5.41, 5.74) is 2.33. The first-order valence-corrected chi connectivity index (χ1v) is 5.96. The SMILES string of the molecule is Cc1cc(CN2CCC(C(C)O)C2)n(C)n1. The topological polar surface area (TPSA) is 41.3 Å². The van der Waals surface area contributed by atoms with Crippen LogP contribution in [0, 0.1) is 12.8 Å². The third-order valence-electron chi connectivity index (χ3n) is 3.48. The Morgan fingerprint density at radius 1 is 1.62 bits per heavy atom. The van der Waals surface area contributed by atoms with E-state index in [4.69, 9.17) is 0 Å². The van der Waals surface area contributed by atoms with Crippen molar-refractivity contribution in [3.63, 3.8) is 0 Å². The predicted molar refractivity (Wildman–Crippen MR) is 63.0 cm³/mol. The summed E-state index contributed by atoms with van der Waals surface area (Å²) >= 11 is 0. The number of aliphatic hydroxyl groups excluding tert-OH is 1. The zero-order chi connectivity index (χ0) is 11.7. The van der Waals surface area contributed by atoms with Crippen LogP contribution in [0.25, 0.3) is 0 Å². The minimum Gasteiger partial charge on any atom is -0.393 e. The molecule has 90 valence electrons. The molecule has 4 nitrogen and oxygen atoms in total. The average molecular weight is 223 g/mol. The molecule has 1 aromatic heterocycles. The first kappa shape index (κ1) is 11.6. The highest BCUT2D eigenvalue weighted by Gasteiger charge is 2.26. The molecule has 4 heteroatoms. The Morgan fingerprint density at radius 3 is 2.88 bits per heavy atom. The maximum Gasteiger partial charge on any atom is 0.0597 e. The van der Waals surface area contributed by atoms with Crippen LogP contribution >= 0.6 is 0 Å². The van der Waals surface area contributed by atoms with Gasteiger partial charge in [-0.3, -0.25) is 9.58 Å². The molecule has 0 aliphatic carbocycles. The fourth-order valence-corrected chi connectivity index (χ4v) is 2.44. The maximum atomic E-state index is 9.55. The Hall–Kier alpha value is -0.870. The lowest BCUT2D eigenvalue weighted by Gasteiger charge is -2.17. The standard InChI is InChI=1S/C12H21N3O/c1-9-6-12(14(3)13-9)8-15-5-4-11(7-15)10(2)16/h6,10-11,16H,4-5,7-8H2,1-3H3. The molecule has 0 saturated carbocycles. The molecule has 1 aliphatic rings. The van der Waals surface area contributed by atoms with Crippen molar-refractivity contribution in [3.05, 3.63) is 17.5 Å². The van der Waals surface area contributed by atoms with Crippen molar-refractivity contribution in [1.29, 1.82) is 0 Å². The number of aliphatic hydroxyl groups is 1. The van der Waals surface area contributed by atoms with Crippen LogP contribution in [0.5, 0.6) is 0 Å². The number of aromatic nitrogens is 2. The van der Waals surface area contributed by atoms with Crippen LogP contribution < -0.4 is 0 Å². The van der Waals surface area contributed by atoms with Crippen LogP contribution in [-0.4, -0.2) is 39.0 Å². The minimum atomic E-state index is -0.182. The number of likely N-dealkylation sites (tertiary alicyclic amines) is 1. The number of hydrogen-bond donors (Lipinski definition) is 1. The fourth-order valence-electron chi connectivity index (χ4n) is 2.44. The third-order valence-corrected chi connectivity index (χ3v) is 3.48. The van der Waals surface area contributed by atoms with E-state index in [9.17, 15) is 5.11 Å². The highest BCUT2D eigenvalue weighted by molar-refractivity contribution is 5.08. The second-order valence-corrected chi connectivity index (χ2v) is 4.93. The van der Waals surface area contributed by atoms with Gasteiger partial charge in [0.1, 0.15) is 0 Å². The van der Waals surface area contributed by atoms with Crippen LogP contribution in [0.3, 0.4) is 0 Å². The Morgan fingerprint density at radius 2 is 2.38 bits per heavy atom. The first-order chi connectivity index (χ1) is 7.56. The molecule has 2 rings (SSSR count). The van der Waals surface area contributed by atoms with Gasteiger partial charge in [0, 0.05) is 20.1 Å². The van der Waals surface area contributed by atoms with E-state index < -0.39 is 0 Å². The number of hydrogen-bond acceptors (Lipinski definition) is 3. The largest absolute Gasteiger partial charge is 0.393 e. The van der Waals surface area contributed by atoms with E-state index in [2.05, 4.69) is 16.1 Å². The zero-order valence-corrected chi connectivity index (χ0v) is 10.3. The normalized spacial score (nSPS) is 23.9. The summed E-state index contributed by atoms with van der Waals surface area (Å²) in [5, 5.41) is 13.9. The molecule has 1 saturated heterocycles. The van der Waals surface area contributed by atoms with E-state index in [0.29, 0.717) is 5.92 Å². The van der Waals surface area contributed by atoms with Crippen molar-refractivity contribution < 1.29 is 5.11 Å². The molecule has 0 radical (unpaired) electrons. The molecule has 0 spiro atoms.